The van der Waals surface area contributed by atoms with Crippen molar-refractivity contribution in [2.75, 3.05) is 0 Å². The van der Waals surface area contributed by atoms with Crippen LogP contribution in [0.4, 0.5) is 0 Å². The van der Waals surface area contributed by atoms with Gasteiger partial charge < -0.3 is 4.98 Å². The number of rotatable bonds is 4. The van der Waals surface area contributed by atoms with E-state index in [9.17, 15) is 4.79 Å². The summed E-state index contributed by atoms with van der Waals surface area (Å²) in [7, 11) is 0. The maximum atomic E-state index is 12.0. The molecule has 0 saturated heterocycles. The van der Waals surface area contributed by atoms with E-state index in [0.29, 0.717) is 15.3 Å². The first-order valence-electron chi connectivity index (χ1n) is 6.39. The molecule has 3 nitrogen and oxygen atoms in total. The minimum Gasteiger partial charge on any atom is -0.305 e. The smallest absolute Gasteiger partial charge is 0.264 e. The topological polar surface area (TPSA) is 45.8 Å². The number of halogens is 1. The number of H-pyrrole nitrogens is 1. The third kappa shape index (κ3) is 3.45. The van der Waals surface area contributed by atoms with Crippen LogP contribution in [0, 0.1) is 9.49 Å². The maximum Gasteiger partial charge on any atom is 0.264 e. The van der Waals surface area contributed by atoms with E-state index in [0.717, 1.165) is 23.4 Å². The third-order valence-corrected chi connectivity index (χ3v) is 5.13. The van der Waals surface area contributed by atoms with Gasteiger partial charge >= 0.3 is 0 Å². The fourth-order valence-corrected chi connectivity index (χ4v) is 3.21. The van der Waals surface area contributed by atoms with Crippen LogP contribution >= 0.6 is 33.9 Å². The second-order valence-corrected chi connectivity index (χ2v) is 7.14. The van der Waals surface area contributed by atoms with Crippen LogP contribution in [0.2, 0.25) is 0 Å². The first kappa shape index (κ1) is 14.7. The van der Waals surface area contributed by atoms with Crippen LogP contribution in [-0.2, 0) is 12.8 Å². The molecule has 0 spiro atoms. The lowest BCUT2D eigenvalue weighted by atomic mass is 10.1. The molecule has 102 valence electrons. The lowest BCUT2D eigenvalue weighted by Crippen LogP contribution is -2.17. The maximum absolute atomic E-state index is 12.0. The van der Waals surface area contributed by atoms with Gasteiger partial charge in [-0.2, -0.15) is 0 Å². The van der Waals surface area contributed by atoms with E-state index in [1.165, 1.54) is 4.88 Å². The zero-order valence-corrected chi connectivity index (χ0v) is 14.3. The number of aromatic nitrogens is 2. The molecule has 0 aliphatic carbocycles. The molecule has 0 atom stereocenters. The second kappa shape index (κ2) is 6.17. The molecule has 2 heterocycles. The molecule has 0 saturated carbocycles. The van der Waals surface area contributed by atoms with E-state index < -0.39 is 0 Å². The Morgan fingerprint density at radius 3 is 2.74 bits per heavy atom. The zero-order chi connectivity index (χ0) is 14.0. The third-order valence-electron chi connectivity index (χ3n) is 2.78. The van der Waals surface area contributed by atoms with E-state index in [2.05, 4.69) is 59.4 Å². The molecule has 0 aromatic carbocycles. The fraction of sp³-hybridized carbons (Fsp3) is 0.429. The Labute approximate surface area is 130 Å². The summed E-state index contributed by atoms with van der Waals surface area (Å²) in [5.41, 5.74) is 0.869. The Kier molecular flexibility index (Phi) is 4.78. The molecule has 0 fully saturated rings. The van der Waals surface area contributed by atoms with Crippen LogP contribution in [0.25, 0.3) is 10.7 Å². The molecule has 0 unspecified atom stereocenters. The van der Waals surface area contributed by atoms with Gasteiger partial charge in [0.1, 0.15) is 0 Å². The van der Waals surface area contributed by atoms with Crippen molar-refractivity contribution in [3.05, 3.63) is 36.6 Å². The first-order chi connectivity index (χ1) is 9.01. The standard InChI is InChI=1S/C14H17IN2OS/c1-4-9-5-6-11(19-9)13-16-10(7-8(2)3)12(15)14(18)17-13/h5-6,8H,4,7H2,1-3H3,(H,16,17,18). The summed E-state index contributed by atoms with van der Waals surface area (Å²) >= 11 is 3.78. The van der Waals surface area contributed by atoms with Crippen LogP contribution < -0.4 is 5.56 Å². The minimum atomic E-state index is -0.0345. The largest absolute Gasteiger partial charge is 0.305 e. The van der Waals surface area contributed by atoms with Gasteiger partial charge in [-0.3, -0.25) is 4.79 Å². The van der Waals surface area contributed by atoms with Gasteiger partial charge in [0.25, 0.3) is 5.56 Å². The van der Waals surface area contributed by atoms with Crippen molar-refractivity contribution in [1.82, 2.24) is 9.97 Å². The average Bonchev–Trinajstić information content (AvgIpc) is 2.82. The quantitative estimate of drug-likeness (QED) is 0.809. The van der Waals surface area contributed by atoms with Crippen molar-refractivity contribution >= 4 is 33.9 Å². The van der Waals surface area contributed by atoms with E-state index in [1.807, 2.05) is 6.07 Å². The predicted molar refractivity (Wildman–Crippen MR) is 88.8 cm³/mol. The highest BCUT2D eigenvalue weighted by Crippen LogP contribution is 2.26. The number of hydrogen-bond acceptors (Lipinski definition) is 3. The number of nitrogens with one attached hydrogen (secondary N) is 1. The van der Waals surface area contributed by atoms with Gasteiger partial charge in [0.2, 0.25) is 0 Å². The van der Waals surface area contributed by atoms with Gasteiger partial charge in [0, 0.05) is 4.88 Å². The summed E-state index contributed by atoms with van der Waals surface area (Å²) in [5.74, 6) is 1.19. The lowest BCUT2D eigenvalue weighted by molar-refractivity contribution is 0.631. The van der Waals surface area contributed by atoms with Crippen LogP contribution in [0.15, 0.2) is 16.9 Å². The van der Waals surface area contributed by atoms with Gasteiger partial charge in [-0.25, -0.2) is 4.98 Å². The fourth-order valence-electron chi connectivity index (χ4n) is 1.84. The van der Waals surface area contributed by atoms with E-state index >= 15 is 0 Å². The molecule has 0 radical (unpaired) electrons. The lowest BCUT2D eigenvalue weighted by Gasteiger charge is -2.07. The van der Waals surface area contributed by atoms with E-state index in [-0.39, 0.29) is 5.56 Å². The summed E-state index contributed by atoms with van der Waals surface area (Å²) in [6, 6.07) is 4.13. The van der Waals surface area contributed by atoms with Crippen molar-refractivity contribution < 1.29 is 0 Å². The number of hydrogen-bond donors (Lipinski definition) is 1. The molecule has 0 aliphatic rings. The monoisotopic (exact) mass is 388 g/mol. The van der Waals surface area contributed by atoms with Crippen LogP contribution in [0.3, 0.4) is 0 Å². The van der Waals surface area contributed by atoms with Crippen molar-refractivity contribution in [3.8, 4) is 10.7 Å². The number of nitrogens with zero attached hydrogens (tertiary/aromatic N) is 1. The van der Waals surface area contributed by atoms with Gasteiger partial charge in [0.15, 0.2) is 5.82 Å². The molecule has 19 heavy (non-hydrogen) atoms. The Bertz CT molecular complexity index is 631. The highest BCUT2D eigenvalue weighted by Gasteiger charge is 2.12. The van der Waals surface area contributed by atoms with Gasteiger partial charge in [-0.05, 0) is 53.5 Å². The Morgan fingerprint density at radius 2 is 2.16 bits per heavy atom. The van der Waals surface area contributed by atoms with Gasteiger partial charge in [0.05, 0.1) is 14.1 Å². The predicted octanol–water partition coefficient (Wildman–Crippen LogP) is 3.86. The van der Waals surface area contributed by atoms with Crippen molar-refractivity contribution in [1.29, 1.82) is 0 Å². The summed E-state index contributed by atoms with van der Waals surface area (Å²) < 4.78 is 0.710. The number of aryl methyl sites for hydroxylation is 1. The molecule has 0 amide bonds. The summed E-state index contributed by atoms with van der Waals surface area (Å²) in [4.78, 5) is 21.9. The van der Waals surface area contributed by atoms with Crippen molar-refractivity contribution in [2.45, 2.75) is 33.6 Å². The summed E-state index contributed by atoms with van der Waals surface area (Å²) in [5, 5.41) is 0. The van der Waals surface area contributed by atoms with E-state index in [4.69, 9.17) is 0 Å². The molecular formula is C14H17IN2OS. The van der Waals surface area contributed by atoms with Crippen LogP contribution in [0.5, 0.6) is 0 Å². The average molecular weight is 388 g/mol. The minimum absolute atomic E-state index is 0.0345. The van der Waals surface area contributed by atoms with Gasteiger partial charge in [-0.15, -0.1) is 11.3 Å². The molecule has 0 aliphatic heterocycles. The highest BCUT2D eigenvalue weighted by molar-refractivity contribution is 14.1. The van der Waals surface area contributed by atoms with Crippen molar-refractivity contribution in [2.24, 2.45) is 5.92 Å². The number of aromatic amines is 1. The molecule has 1 N–H and O–H groups in total. The Hall–Kier alpha value is -0.690. The van der Waals surface area contributed by atoms with E-state index in [1.54, 1.807) is 11.3 Å². The highest BCUT2D eigenvalue weighted by atomic mass is 127. The molecule has 0 bridgehead atoms. The second-order valence-electron chi connectivity index (χ2n) is 4.89. The molecule has 5 heteroatoms. The summed E-state index contributed by atoms with van der Waals surface area (Å²) in [6.45, 7) is 6.40. The van der Waals surface area contributed by atoms with Crippen LogP contribution in [-0.4, -0.2) is 9.97 Å². The number of thiophene rings is 1. The molecule has 2 rings (SSSR count). The first-order valence-corrected chi connectivity index (χ1v) is 8.28. The van der Waals surface area contributed by atoms with Crippen LogP contribution in [0.1, 0.15) is 31.3 Å². The molecular weight excluding hydrogens is 371 g/mol. The normalized spacial score (nSPS) is 11.2. The van der Waals surface area contributed by atoms with Crippen molar-refractivity contribution in [3.63, 3.8) is 0 Å². The zero-order valence-electron chi connectivity index (χ0n) is 11.3. The summed E-state index contributed by atoms with van der Waals surface area (Å²) in [6.07, 6.45) is 1.85. The molecule has 2 aromatic heterocycles. The Balaban J connectivity index is 2.46. The SMILES string of the molecule is CCc1ccc(-c2nc(CC(C)C)c(I)c(=O)[nH]2)s1. The molecule has 2 aromatic rings. The Morgan fingerprint density at radius 1 is 1.42 bits per heavy atom. The van der Waals surface area contributed by atoms with Gasteiger partial charge in [-0.1, -0.05) is 20.8 Å².